The molecule has 3 heterocycles. The van der Waals surface area contributed by atoms with E-state index in [-0.39, 0.29) is 24.0 Å². The van der Waals surface area contributed by atoms with Crippen molar-refractivity contribution >= 4 is 11.9 Å². The number of ether oxygens (including phenoxy) is 2. The van der Waals surface area contributed by atoms with Crippen molar-refractivity contribution in [1.82, 2.24) is 4.90 Å². The molecule has 4 rings (SSSR count). The molecule has 3 aliphatic rings. The SMILES string of the molecule is COC(=O)[C@H]1[C@H]2C(=O)N([C@@H](C)c3ccccc3)C[C@@]23C=C[C@H]1O3. The van der Waals surface area contributed by atoms with Crippen molar-refractivity contribution in [3.8, 4) is 0 Å². The third-order valence-electron chi connectivity index (χ3n) is 5.35. The number of nitrogens with zero attached hydrogens (tertiary/aromatic N) is 1. The smallest absolute Gasteiger partial charge is 0.312 e. The number of methoxy groups -OCH3 is 1. The van der Waals surface area contributed by atoms with Gasteiger partial charge in [-0.25, -0.2) is 0 Å². The zero-order valence-corrected chi connectivity index (χ0v) is 13.1. The molecule has 0 radical (unpaired) electrons. The number of carbonyl (C=O) groups excluding carboxylic acids is 2. The van der Waals surface area contributed by atoms with Gasteiger partial charge in [0.15, 0.2) is 0 Å². The fourth-order valence-electron chi connectivity index (χ4n) is 4.17. The van der Waals surface area contributed by atoms with Gasteiger partial charge in [-0.1, -0.05) is 42.5 Å². The number of hydrogen-bond donors (Lipinski definition) is 0. The Bertz CT molecular complexity index is 686. The topological polar surface area (TPSA) is 55.8 Å². The van der Waals surface area contributed by atoms with Crippen LogP contribution in [0.2, 0.25) is 0 Å². The highest BCUT2D eigenvalue weighted by atomic mass is 16.5. The minimum atomic E-state index is -0.677. The molecule has 1 amide bonds. The Hall–Kier alpha value is -2.14. The molecule has 23 heavy (non-hydrogen) atoms. The van der Waals surface area contributed by atoms with Crippen molar-refractivity contribution in [3.05, 3.63) is 48.0 Å². The molecule has 2 saturated heterocycles. The Morgan fingerprint density at radius 3 is 2.83 bits per heavy atom. The fraction of sp³-hybridized carbons (Fsp3) is 0.444. The normalized spacial score (nSPS) is 35.5. The molecule has 0 N–H and O–H groups in total. The van der Waals surface area contributed by atoms with Crippen molar-refractivity contribution in [3.63, 3.8) is 0 Å². The largest absolute Gasteiger partial charge is 0.469 e. The third kappa shape index (κ3) is 1.89. The molecular weight excluding hydrogens is 294 g/mol. The van der Waals surface area contributed by atoms with E-state index in [1.54, 1.807) is 0 Å². The van der Waals surface area contributed by atoms with Crippen LogP contribution in [0.3, 0.4) is 0 Å². The van der Waals surface area contributed by atoms with Gasteiger partial charge in [-0.15, -0.1) is 0 Å². The molecule has 0 saturated carbocycles. The van der Waals surface area contributed by atoms with E-state index >= 15 is 0 Å². The van der Waals surface area contributed by atoms with Crippen LogP contribution in [0.5, 0.6) is 0 Å². The van der Waals surface area contributed by atoms with E-state index in [0.717, 1.165) is 5.56 Å². The van der Waals surface area contributed by atoms with Crippen LogP contribution in [-0.4, -0.2) is 42.1 Å². The van der Waals surface area contributed by atoms with Gasteiger partial charge in [0, 0.05) is 0 Å². The fourth-order valence-corrected chi connectivity index (χ4v) is 4.17. The maximum absolute atomic E-state index is 13.0. The molecule has 1 aromatic carbocycles. The highest BCUT2D eigenvalue weighted by molar-refractivity contribution is 5.91. The Kier molecular flexibility index (Phi) is 3.10. The first kappa shape index (κ1) is 14.5. The Morgan fingerprint density at radius 1 is 1.39 bits per heavy atom. The molecule has 2 fully saturated rings. The van der Waals surface area contributed by atoms with Crippen LogP contribution in [0, 0.1) is 11.8 Å². The maximum atomic E-state index is 13.0. The van der Waals surface area contributed by atoms with Gasteiger partial charge in [-0.05, 0) is 12.5 Å². The number of esters is 1. The van der Waals surface area contributed by atoms with E-state index in [0.29, 0.717) is 6.54 Å². The summed E-state index contributed by atoms with van der Waals surface area (Å²) < 4.78 is 10.9. The van der Waals surface area contributed by atoms with E-state index in [4.69, 9.17) is 9.47 Å². The van der Waals surface area contributed by atoms with Crippen LogP contribution >= 0.6 is 0 Å². The predicted octanol–water partition coefficient (Wildman–Crippen LogP) is 1.70. The van der Waals surface area contributed by atoms with Gasteiger partial charge in [0.1, 0.15) is 11.5 Å². The van der Waals surface area contributed by atoms with Crippen LogP contribution in [0.4, 0.5) is 0 Å². The summed E-state index contributed by atoms with van der Waals surface area (Å²) in [6.45, 7) is 2.49. The summed E-state index contributed by atoms with van der Waals surface area (Å²) in [5, 5.41) is 0. The molecule has 1 aromatic rings. The van der Waals surface area contributed by atoms with Gasteiger partial charge < -0.3 is 14.4 Å². The van der Waals surface area contributed by atoms with Gasteiger partial charge in [-0.3, -0.25) is 9.59 Å². The summed E-state index contributed by atoms with van der Waals surface area (Å²) in [6.07, 6.45) is 3.50. The van der Waals surface area contributed by atoms with E-state index in [1.165, 1.54) is 7.11 Å². The summed E-state index contributed by atoms with van der Waals surface area (Å²) in [5.74, 6) is -1.40. The lowest BCUT2D eigenvalue weighted by atomic mass is 9.77. The van der Waals surface area contributed by atoms with Gasteiger partial charge in [-0.2, -0.15) is 0 Å². The van der Waals surface area contributed by atoms with Crippen LogP contribution in [0.15, 0.2) is 42.5 Å². The summed E-state index contributed by atoms with van der Waals surface area (Å²) in [7, 11) is 1.36. The molecule has 5 nitrogen and oxygen atoms in total. The first-order chi connectivity index (χ1) is 11.1. The maximum Gasteiger partial charge on any atom is 0.312 e. The Morgan fingerprint density at radius 2 is 2.13 bits per heavy atom. The summed E-state index contributed by atoms with van der Waals surface area (Å²) >= 11 is 0. The number of rotatable bonds is 3. The van der Waals surface area contributed by atoms with Crippen molar-refractivity contribution in [2.45, 2.75) is 24.7 Å². The third-order valence-corrected chi connectivity index (χ3v) is 5.35. The lowest BCUT2D eigenvalue weighted by Crippen LogP contribution is -2.39. The van der Waals surface area contributed by atoms with E-state index in [2.05, 4.69) is 0 Å². The highest BCUT2D eigenvalue weighted by Crippen LogP contribution is 2.53. The average molecular weight is 313 g/mol. The molecule has 0 aromatic heterocycles. The van der Waals surface area contributed by atoms with Crippen molar-refractivity contribution in [1.29, 1.82) is 0 Å². The monoisotopic (exact) mass is 313 g/mol. The standard InChI is InChI=1S/C18H19NO4/c1-11(12-6-4-3-5-7-12)19-10-18-9-8-13(23-18)14(17(21)22-2)15(18)16(19)20/h3-9,11,13-15H,10H2,1-2H3/t11-,13+,14+,15-,18-/m0/s1. The zero-order chi connectivity index (χ0) is 16.2. The van der Waals surface area contributed by atoms with E-state index < -0.39 is 17.4 Å². The molecule has 1 spiro atoms. The summed E-state index contributed by atoms with van der Waals surface area (Å²) in [4.78, 5) is 27.0. The molecule has 120 valence electrons. The summed E-state index contributed by atoms with van der Waals surface area (Å²) in [5.41, 5.74) is 0.397. The Balaban J connectivity index is 1.67. The molecule has 3 aliphatic heterocycles. The van der Waals surface area contributed by atoms with Gasteiger partial charge in [0.05, 0.1) is 31.7 Å². The van der Waals surface area contributed by atoms with Crippen LogP contribution in [0.25, 0.3) is 0 Å². The minimum Gasteiger partial charge on any atom is -0.469 e. The molecule has 0 unspecified atom stereocenters. The van der Waals surface area contributed by atoms with Crippen LogP contribution in [-0.2, 0) is 19.1 Å². The molecule has 5 heteroatoms. The number of carbonyl (C=O) groups is 2. The quantitative estimate of drug-likeness (QED) is 0.629. The number of likely N-dealkylation sites (tertiary alicyclic amines) is 1. The number of hydrogen-bond acceptors (Lipinski definition) is 4. The predicted molar refractivity (Wildman–Crippen MR) is 82.3 cm³/mol. The average Bonchev–Trinajstić information content (AvgIpc) is 3.22. The molecule has 2 bridgehead atoms. The highest BCUT2D eigenvalue weighted by Gasteiger charge is 2.67. The van der Waals surface area contributed by atoms with Crippen molar-refractivity contribution in [2.24, 2.45) is 11.8 Å². The first-order valence-corrected chi connectivity index (χ1v) is 7.88. The molecular formula is C18H19NO4. The Labute approximate surface area is 134 Å². The van der Waals surface area contributed by atoms with E-state index in [1.807, 2.05) is 54.3 Å². The zero-order valence-electron chi connectivity index (χ0n) is 13.1. The van der Waals surface area contributed by atoms with Crippen LogP contribution < -0.4 is 0 Å². The minimum absolute atomic E-state index is 0.0244. The number of benzene rings is 1. The lowest BCUT2D eigenvalue weighted by Gasteiger charge is -2.27. The second-order valence-corrected chi connectivity index (χ2v) is 6.48. The van der Waals surface area contributed by atoms with E-state index in [9.17, 15) is 9.59 Å². The lowest BCUT2D eigenvalue weighted by molar-refractivity contribution is -0.151. The van der Waals surface area contributed by atoms with Gasteiger partial charge >= 0.3 is 5.97 Å². The second kappa shape index (κ2) is 4.93. The summed E-state index contributed by atoms with van der Waals surface area (Å²) in [6, 6.07) is 9.84. The van der Waals surface area contributed by atoms with Crippen LogP contribution in [0.1, 0.15) is 18.5 Å². The number of fused-ring (bicyclic) bond motifs is 1. The van der Waals surface area contributed by atoms with Gasteiger partial charge in [0.2, 0.25) is 5.91 Å². The number of amides is 1. The molecule has 0 aliphatic carbocycles. The van der Waals surface area contributed by atoms with Crippen molar-refractivity contribution in [2.75, 3.05) is 13.7 Å². The van der Waals surface area contributed by atoms with Crippen molar-refractivity contribution < 1.29 is 19.1 Å². The van der Waals surface area contributed by atoms with Gasteiger partial charge in [0.25, 0.3) is 0 Å². The first-order valence-electron chi connectivity index (χ1n) is 7.88. The molecule has 5 atom stereocenters. The second-order valence-electron chi connectivity index (χ2n) is 6.48.